The van der Waals surface area contributed by atoms with Crippen molar-refractivity contribution in [3.05, 3.63) is 29.8 Å². The van der Waals surface area contributed by atoms with Crippen LogP contribution in [0, 0.1) is 5.92 Å². The maximum atomic E-state index is 12.3. The molecule has 2 rings (SSSR count). The van der Waals surface area contributed by atoms with E-state index in [0.29, 0.717) is 5.92 Å². The zero-order valence-electron chi connectivity index (χ0n) is 14.3. The van der Waals surface area contributed by atoms with E-state index >= 15 is 0 Å². The van der Waals surface area contributed by atoms with E-state index in [1.807, 2.05) is 32.3 Å². The molecule has 0 aromatic heterocycles. The molecule has 0 bridgehead atoms. The number of benzene rings is 1. The first-order chi connectivity index (χ1) is 10.5. The van der Waals surface area contributed by atoms with E-state index in [1.165, 1.54) is 37.7 Å². The standard InChI is InChI=1S/C18H29N3O.ClH/c1-21(2)13-15-9-6-10-16(11-15)20-18(22)17(19)12-14-7-4-3-5-8-14;/h6,9-11,14,17H,3-5,7-8,12-13,19H2,1-2H3,(H,20,22);1H. The van der Waals surface area contributed by atoms with Crippen molar-refractivity contribution >= 4 is 24.0 Å². The molecule has 0 heterocycles. The highest BCUT2D eigenvalue weighted by molar-refractivity contribution is 5.94. The van der Waals surface area contributed by atoms with E-state index in [4.69, 9.17) is 5.73 Å². The molecule has 1 aromatic carbocycles. The van der Waals surface area contributed by atoms with Crippen LogP contribution in [0.2, 0.25) is 0 Å². The van der Waals surface area contributed by atoms with Gasteiger partial charge in [-0.3, -0.25) is 4.79 Å². The number of anilines is 1. The molecular formula is C18H30ClN3O. The summed E-state index contributed by atoms with van der Waals surface area (Å²) >= 11 is 0. The lowest BCUT2D eigenvalue weighted by molar-refractivity contribution is -0.117. The highest BCUT2D eigenvalue weighted by Gasteiger charge is 2.21. The lowest BCUT2D eigenvalue weighted by Gasteiger charge is -2.24. The Labute approximate surface area is 146 Å². The number of nitrogens with two attached hydrogens (primary N) is 1. The number of nitrogens with zero attached hydrogens (tertiary/aromatic N) is 1. The van der Waals surface area contributed by atoms with Crippen molar-refractivity contribution in [3.63, 3.8) is 0 Å². The highest BCUT2D eigenvalue weighted by atomic mass is 35.5. The number of amides is 1. The first-order valence-corrected chi connectivity index (χ1v) is 8.34. The van der Waals surface area contributed by atoms with Crippen molar-refractivity contribution < 1.29 is 4.79 Å². The Hall–Kier alpha value is -1.10. The molecule has 1 fully saturated rings. The second-order valence-corrected chi connectivity index (χ2v) is 6.77. The minimum atomic E-state index is -0.402. The van der Waals surface area contributed by atoms with Crippen LogP contribution in [0.1, 0.15) is 44.1 Å². The van der Waals surface area contributed by atoms with Crippen LogP contribution in [-0.2, 0) is 11.3 Å². The fraction of sp³-hybridized carbons (Fsp3) is 0.611. The van der Waals surface area contributed by atoms with Gasteiger partial charge in [0.1, 0.15) is 0 Å². The third-order valence-corrected chi connectivity index (χ3v) is 4.34. The first kappa shape index (κ1) is 19.9. The molecule has 0 aliphatic heterocycles. The third kappa shape index (κ3) is 6.90. The summed E-state index contributed by atoms with van der Waals surface area (Å²) in [5.74, 6) is 0.558. The molecule has 1 unspecified atom stereocenters. The Morgan fingerprint density at radius 1 is 1.30 bits per heavy atom. The quantitative estimate of drug-likeness (QED) is 0.835. The van der Waals surface area contributed by atoms with Gasteiger partial charge in [-0.05, 0) is 44.1 Å². The van der Waals surface area contributed by atoms with Gasteiger partial charge in [0.2, 0.25) is 5.91 Å². The molecule has 23 heavy (non-hydrogen) atoms. The van der Waals surface area contributed by atoms with Gasteiger partial charge in [0, 0.05) is 12.2 Å². The van der Waals surface area contributed by atoms with Gasteiger partial charge in [0.15, 0.2) is 0 Å². The lowest BCUT2D eigenvalue weighted by atomic mass is 9.85. The normalized spacial score (nSPS) is 16.7. The molecule has 1 aliphatic rings. The maximum absolute atomic E-state index is 12.3. The molecule has 1 amide bonds. The average Bonchev–Trinajstić information content (AvgIpc) is 2.48. The number of halogens is 1. The van der Waals surface area contributed by atoms with Crippen LogP contribution < -0.4 is 11.1 Å². The number of rotatable bonds is 6. The lowest BCUT2D eigenvalue weighted by Crippen LogP contribution is -2.37. The van der Waals surface area contributed by atoms with Gasteiger partial charge >= 0.3 is 0 Å². The van der Waals surface area contributed by atoms with E-state index in [9.17, 15) is 4.79 Å². The Kier molecular flexibility index (Phi) is 8.59. The Bertz CT molecular complexity index is 487. The largest absolute Gasteiger partial charge is 0.325 e. The maximum Gasteiger partial charge on any atom is 0.241 e. The smallest absolute Gasteiger partial charge is 0.241 e. The van der Waals surface area contributed by atoms with Crippen LogP contribution in [-0.4, -0.2) is 30.9 Å². The Morgan fingerprint density at radius 3 is 2.65 bits per heavy atom. The van der Waals surface area contributed by atoms with Crippen molar-refractivity contribution in [1.29, 1.82) is 0 Å². The molecule has 1 saturated carbocycles. The van der Waals surface area contributed by atoms with E-state index in [0.717, 1.165) is 18.7 Å². The van der Waals surface area contributed by atoms with E-state index in [2.05, 4.69) is 16.3 Å². The molecule has 3 N–H and O–H groups in total. The van der Waals surface area contributed by atoms with Crippen LogP contribution in [0.4, 0.5) is 5.69 Å². The van der Waals surface area contributed by atoms with Crippen LogP contribution >= 0.6 is 12.4 Å². The van der Waals surface area contributed by atoms with Crippen LogP contribution in [0.25, 0.3) is 0 Å². The van der Waals surface area contributed by atoms with Gasteiger partial charge in [-0.2, -0.15) is 0 Å². The molecule has 0 spiro atoms. The molecule has 130 valence electrons. The minimum absolute atomic E-state index is 0. The van der Waals surface area contributed by atoms with Crippen LogP contribution in [0.3, 0.4) is 0 Å². The molecule has 1 aromatic rings. The van der Waals surface area contributed by atoms with Crippen LogP contribution in [0.5, 0.6) is 0 Å². The number of hydrogen-bond acceptors (Lipinski definition) is 3. The van der Waals surface area contributed by atoms with Crippen molar-refractivity contribution in [2.24, 2.45) is 11.7 Å². The predicted molar refractivity (Wildman–Crippen MR) is 98.9 cm³/mol. The summed E-state index contributed by atoms with van der Waals surface area (Å²) in [4.78, 5) is 14.4. The van der Waals surface area contributed by atoms with Crippen molar-refractivity contribution in [1.82, 2.24) is 4.90 Å². The second kappa shape index (κ2) is 9.91. The zero-order valence-corrected chi connectivity index (χ0v) is 15.1. The summed E-state index contributed by atoms with van der Waals surface area (Å²) in [7, 11) is 4.07. The SMILES string of the molecule is CN(C)Cc1cccc(NC(=O)C(N)CC2CCCCC2)c1.Cl. The van der Waals surface area contributed by atoms with Crippen molar-refractivity contribution in [2.45, 2.75) is 51.1 Å². The fourth-order valence-electron chi connectivity index (χ4n) is 3.24. The van der Waals surface area contributed by atoms with Crippen molar-refractivity contribution in [2.75, 3.05) is 19.4 Å². The van der Waals surface area contributed by atoms with E-state index < -0.39 is 6.04 Å². The monoisotopic (exact) mass is 339 g/mol. The van der Waals surface area contributed by atoms with Gasteiger partial charge in [0.25, 0.3) is 0 Å². The predicted octanol–water partition coefficient (Wildman–Crippen LogP) is 3.41. The van der Waals surface area contributed by atoms with Gasteiger partial charge in [0.05, 0.1) is 6.04 Å². The Balaban J connectivity index is 0.00000264. The summed E-state index contributed by atoms with van der Waals surface area (Å²) < 4.78 is 0. The number of carbonyl (C=O) groups excluding carboxylic acids is 1. The van der Waals surface area contributed by atoms with Gasteiger partial charge in [-0.25, -0.2) is 0 Å². The summed E-state index contributed by atoms with van der Waals surface area (Å²) in [6.07, 6.45) is 7.15. The third-order valence-electron chi connectivity index (χ3n) is 4.34. The Morgan fingerprint density at radius 2 is 2.00 bits per heavy atom. The van der Waals surface area contributed by atoms with E-state index in [-0.39, 0.29) is 18.3 Å². The topological polar surface area (TPSA) is 58.4 Å². The molecule has 0 saturated heterocycles. The van der Waals surface area contributed by atoms with Gasteiger partial charge in [-0.15, -0.1) is 12.4 Å². The highest BCUT2D eigenvalue weighted by Crippen LogP contribution is 2.27. The molecule has 4 nitrogen and oxygen atoms in total. The number of nitrogens with one attached hydrogen (secondary N) is 1. The number of hydrogen-bond donors (Lipinski definition) is 2. The van der Waals surface area contributed by atoms with Gasteiger partial charge < -0.3 is 16.0 Å². The average molecular weight is 340 g/mol. The molecule has 1 atom stereocenters. The number of carbonyl (C=O) groups is 1. The zero-order chi connectivity index (χ0) is 15.9. The van der Waals surface area contributed by atoms with E-state index in [1.54, 1.807) is 0 Å². The van der Waals surface area contributed by atoms with Crippen molar-refractivity contribution in [3.8, 4) is 0 Å². The van der Waals surface area contributed by atoms with Gasteiger partial charge in [-0.1, -0.05) is 44.2 Å². The molecule has 1 aliphatic carbocycles. The molecular weight excluding hydrogens is 310 g/mol. The summed E-state index contributed by atoms with van der Waals surface area (Å²) in [6.45, 7) is 0.859. The fourth-order valence-corrected chi connectivity index (χ4v) is 3.24. The molecule has 0 radical (unpaired) electrons. The summed E-state index contributed by atoms with van der Waals surface area (Å²) in [6, 6.07) is 7.58. The first-order valence-electron chi connectivity index (χ1n) is 8.34. The summed E-state index contributed by atoms with van der Waals surface area (Å²) in [5.41, 5.74) is 8.11. The second-order valence-electron chi connectivity index (χ2n) is 6.77. The molecule has 5 heteroatoms. The summed E-state index contributed by atoms with van der Waals surface area (Å²) in [5, 5.41) is 2.96. The minimum Gasteiger partial charge on any atom is -0.325 e. The van der Waals surface area contributed by atoms with Crippen LogP contribution in [0.15, 0.2) is 24.3 Å².